The monoisotopic (exact) mass is 386 g/mol. The van der Waals surface area contributed by atoms with Gasteiger partial charge in [-0.2, -0.15) is 0 Å². The van der Waals surface area contributed by atoms with E-state index in [0.29, 0.717) is 17.7 Å². The second-order valence-electron chi connectivity index (χ2n) is 7.69. The molecule has 1 aromatic carbocycles. The van der Waals surface area contributed by atoms with E-state index in [1.807, 2.05) is 18.2 Å². The van der Waals surface area contributed by atoms with E-state index in [-0.39, 0.29) is 5.91 Å². The predicted octanol–water partition coefficient (Wildman–Crippen LogP) is 3.41. The highest BCUT2D eigenvalue weighted by molar-refractivity contribution is 6.34. The minimum Gasteiger partial charge on any atom is -0.354 e. The minimum atomic E-state index is 0.280. The summed E-state index contributed by atoms with van der Waals surface area (Å²) in [5.74, 6) is 1.21. The molecule has 2 fully saturated rings. The van der Waals surface area contributed by atoms with Gasteiger partial charge in [0.05, 0.1) is 6.54 Å². The van der Waals surface area contributed by atoms with Crippen molar-refractivity contribution in [2.24, 2.45) is 0 Å². The Labute approximate surface area is 165 Å². The minimum absolute atomic E-state index is 0.280. The lowest BCUT2D eigenvalue weighted by Gasteiger charge is -2.38. The highest BCUT2D eigenvalue weighted by atomic mass is 35.5. The number of benzene rings is 1. The number of pyridine rings is 1. The summed E-state index contributed by atoms with van der Waals surface area (Å²) in [7, 11) is 0. The predicted molar refractivity (Wildman–Crippen MR) is 110 cm³/mol. The van der Waals surface area contributed by atoms with E-state index in [1.54, 1.807) is 0 Å². The van der Waals surface area contributed by atoms with Crippen molar-refractivity contribution in [2.75, 3.05) is 44.2 Å². The Hall–Kier alpha value is -1.85. The fourth-order valence-electron chi connectivity index (χ4n) is 4.19. The first-order chi connectivity index (χ1) is 13.1. The Morgan fingerprint density at radius 1 is 1.15 bits per heavy atom. The Balaban J connectivity index is 1.37. The molecule has 2 aliphatic heterocycles. The van der Waals surface area contributed by atoms with Gasteiger partial charge in [-0.3, -0.25) is 9.69 Å². The van der Waals surface area contributed by atoms with E-state index in [1.165, 1.54) is 6.42 Å². The molecule has 4 rings (SSSR count). The maximum atomic E-state index is 12.7. The molecule has 27 heavy (non-hydrogen) atoms. The lowest BCUT2D eigenvalue weighted by molar-refractivity contribution is -0.135. The number of hydrogen-bond donors (Lipinski definition) is 0. The molecule has 2 aliphatic rings. The summed E-state index contributed by atoms with van der Waals surface area (Å²) in [5.41, 5.74) is 0. The van der Waals surface area contributed by atoms with E-state index in [9.17, 15) is 4.79 Å². The molecule has 3 heterocycles. The maximum Gasteiger partial charge on any atom is 0.236 e. The molecule has 144 valence electrons. The number of anilines is 1. The van der Waals surface area contributed by atoms with Crippen LogP contribution >= 0.6 is 11.6 Å². The van der Waals surface area contributed by atoms with Crippen molar-refractivity contribution < 1.29 is 4.79 Å². The van der Waals surface area contributed by atoms with Crippen LogP contribution in [0.4, 0.5) is 5.82 Å². The molecule has 5 nitrogen and oxygen atoms in total. The number of halogens is 1. The number of rotatable bonds is 3. The van der Waals surface area contributed by atoms with Gasteiger partial charge < -0.3 is 9.80 Å². The zero-order chi connectivity index (χ0) is 18.8. The van der Waals surface area contributed by atoms with Crippen molar-refractivity contribution in [3.05, 3.63) is 35.5 Å². The van der Waals surface area contributed by atoms with Gasteiger partial charge in [0.2, 0.25) is 5.91 Å². The standard InChI is InChI=1S/C21H27ClN4O/c1-16-6-4-5-9-26(16)20(27)15-24-10-12-25(13-11-24)19-14-17-7-2-3-8-18(17)21(22)23-19/h2-3,7-8,14,16H,4-6,9-13,15H2,1H3. The quantitative estimate of drug-likeness (QED) is 0.758. The third kappa shape index (κ3) is 4.04. The third-order valence-corrected chi connectivity index (χ3v) is 6.15. The maximum absolute atomic E-state index is 12.7. The molecule has 2 aromatic rings. The first kappa shape index (κ1) is 18.5. The molecule has 0 aliphatic carbocycles. The summed E-state index contributed by atoms with van der Waals surface area (Å²) in [5, 5.41) is 2.66. The molecule has 0 saturated carbocycles. The second kappa shape index (κ2) is 8.03. The molecule has 2 saturated heterocycles. The summed E-state index contributed by atoms with van der Waals surface area (Å²) in [6.07, 6.45) is 3.51. The summed E-state index contributed by atoms with van der Waals surface area (Å²) in [4.78, 5) is 23.9. The SMILES string of the molecule is CC1CCCCN1C(=O)CN1CCN(c2cc3ccccc3c(Cl)n2)CC1. The molecular formula is C21H27ClN4O. The van der Waals surface area contributed by atoms with E-state index in [4.69, 9.17) is 11.6 Å². The molecule has 1 amide bonds. The van der Waals surface area contributed by atoms with Crippen LogP contribution in [0.3, 0.4) is 0 Å². The number of aromatic nitrogens is 1. The number of fused-ring (bicyclic) bond motifs is 1. The fourth-order valence-corrected chi connectivity index (χ4v) is 4.45. The number of piperidine rings is 1. The van der Waals surface area contributed by atoms with Crippen LogP contribution in [-0.4, -0.2) is 66.0 Å². The Bertz CT molecular complexity index is 819. The van der Waals surface area contributed by atoms with Crippen LogP contribution in [0.5, 0.6) is 0 Å². The van der Waals surface area contributed by atoms with E-state index >= 15 is 0 Å². The number of carbonyl (C=O) groups excluding carboxylic acids is 1. The van der Waals surface area contributed by atoms with Crippen LogP contribution in [0.25, 0.3) is 10.8 Å². The first-order valence-electron chi connectivity index (χ1n) is 9.94. The fraction of sp³-hybridized carbons (Fsp3) is 0.524. The molecule has 0 spiro atoms. The molecule has 0 N–H and O–H groups in total. The number of nitrogens with zero attached hydrogens (tertiary/aromatic N) is 4. The summed E-state index contributed by atoms with van der Waals surface area (Å²) < 4.78 is 0. The summed E-state index contributed by atoms with van der Waals surface area (Å²) in [6, 6.07) is 10.6. The van der Waals surface area contributed by atoms with Crippen molar-refractivity contribution >= 4 is 34.1 Å². The molecule has 0 bridgehead atoms. The van der Waals surface area contributed by atoms with Gasteiger partial charge in [0.15, 0.2) is 0 Å². The highest BCUT2D eigenvalue weighted by Crippen LogP contribution is 2.27. The van der Waals surface area contributed by atoms with Gasteiger partial charge in [-0.05, 0) is 37.6 Å². The number of likely N-dealkylation sites (tertiary alicyclic amines) is 1. The highest BCUT2D eigenvalue weighted by Gasteiger charge is 2.26. The molecule has 6 heteroatoms. The topological polar surface area (TPSA) is 39.7 Å². The first-order valence-corrected chi connectivity index (χ1v) is 10.3. The molecule has 1 unspecified atom stereocenters. The number of hydrogen-bond acceptors (Lipinski definition) is 4. The van der Waals surface area contributed by atoms with Crippen LogP contribution in [0.15, 0.2) is 30.3 Å². The zero-order valence-corrected chi connectivity index (χ0v) is 16.7. The van der Waals surface area contributed by atoms with Gasteiger partial charge in [-0.15, -0.1) is 0 Å². The normalized spacial score (nSPS) is 21.6. The number of carbonyl (C=O) groups is 1. The van der Waals surface area contributed by atoms with Gasteiger partial charge in [0.25, 0.3) is 0 Å². The average Bonchev–Trinajstić information content (AvgIpc) is 2.69. The third-order valence-electron chi connectivity index (χ3n) is 5.86. The van der Waals surface area contributed by atoms with Crippen molar-refractivity contribution in [1.82, 2.24) is 14.8 Å². The van der Waals surface area contributed by atoms with Gasteiger partial charge in [0.1, 0.15) is 11.0 Å². The number of piperazine rings is 1. The lowest BCUT2D eigenvalue weighted by atomic mass is 10.0. The average molecular weight is 387 g/mol. The van der Waals surface area contributed by atoms with Crippen molar-refractivity contribution in [3.8, 4) is 0 Å². The smallest absolute Gasteiger partial charge is 0.236 e. The Morgan fingerprint density at radius 3 is 2.70 bits per heavy atom. The van der Waals surface area contributed by atoms with Crippen LogP contribution < -0.4 is 4.90 Å². The second-order valence-corrected chi connectivity index (χ2v) is 8.05. The van der Waals surface area contributed by atoms with Crippen LogP contribution in [0, 0.1) is 0 Å². The van der Waals surface area contributed by atoms with Crippen LogP contribution in [0.1, 0.15) is 26.2 Å². The van der Waals surface area contributed by atoms with Gasteiger partial charge >= 0.3 is 0 Å². The molecule has 1 aromatic heterocycles. The largest absolute Gasteiger partial charge is 0.354 e. The van der Waals surface area contributed by atoms with E-state index < -0.39 is 0 Å². The van der Waals surface area contributed by atoms with E-state index in [2.05, 4.69) is 38.7 Å². The summed E-state index contributed by atoms with van der Waals surface area (Å²) >= 11 is 6.38. The van der Waals surface area contributed by atoms with Gasteiger partial charge in [-0.25, -0.2) is 4.98 Å². The van der Waals surface area contributed by atoms with E-state index in [0.717, 1.165) is 62.2 Å². The van der Waals surface area contributed by atoms with Crippen molar-refractivity contribution in [3.63, 3.8) is 0 Å². The lowest BCUT2D eigenvalue weighted by Crippen LogP contribution is -2.52. The van der Waals surface area contributed by atoms with Gasteiger partial charge in [-0.1, -0.05) is 35.9 Å². The van der Waals surface area contributed by atoms with Gasteiger partial charge in [0, 0.05) is 44.2 Å². The van der Waals surface area contributed by atoms with Crippen LogP contribution in [0.2, 0.25) is 5.15 Å². The van der Waals surface area contributed by atoms with Crippen molar-refractivity contribution in [1.29, 1.82) is 0 Å². The Morgan fingerprint density at radius 2 is 1.93 bits per heavy atom. The molecular weight excluding hydrogens is 360 g/mol. The summed E-state index contributed by atoms with van der Waals surface area (Å²) in [6.45, 7) is 7.10. The van der Waals surface area contributed by atoms with Crippen molar-refractivity contribution in [2.45, 2.75) is 32.2 Å². The molecule has 0 radical (unpaired) electrons. The molecule has 1 atom stereocenters. The zero-order valence-electron chi connectivity index (χ0n) is 15.9. The number of amides is 1. The Kier molecular flexibility index (Phi) is 5.50. The van der Waals surface area contributed by atoms with Crippen LogP contribution in [-0.2, 0) is 4.79 Å².